The lowest BCUT2D eigenvalue weighted by Gasteiger charge is -2.14. The van der Waals surface area contributed by atoms with E-state index < -0.39 is 17.8 Å². The molecule has 0 saturated carbocycles. The van der Waals surface area contributed by atoms with Crippen molar-refractivity contribution in [1.82, 2.24) is 15.3 Å². The summed E-state index contributed by atoms with van der Waals surface area (Å²) in [5, 5.41) is 11.6. The van der Waals surface area contributed by atoms with Gasteiger partial charge in [-0.25, -0.2) is 14.2 Å². The van der Waals surface area contributed by atoms with E-state index in [0.29, 0.717) is 16.9 Å². The minimum atomic E-state index is -1.14. The standard InChI is InChI=1S/C14H16FN3O3/c1-7(2)13(19)18-11(14(20)21)6-12-16-9-4-3-8(15)5-10(9)17-12/h3-5,7,11H,6H2,1-2H3,(H,16,17)(H,18,19)(H,20,21)/t11-/m1/s1. The second kappa shape index (κ2) is 5.90. The van der Waals surface area contributed by atoms with Crippen LogP contribution in [0.3, 0.4) is 0 Å². The molecule has 6 nitrogen and oxygen atoms in total. The van der Waals surface area contributed by atoms with E-state index in [9.17, 15) is 14.0 Å². The van der Waals surface area contributed by atoms with Crippen molar-refractivity contribution >= 4 is 22.9 Å². The summed E-state index contributed by atoms with van der Waals surface area (Å²) in [4.78, 5) is 29.9. The first-order chi connectivity index (χ1) is 9.86. The topological polar surface area (TPSA) is 95.1 Å². The van der Waals surface area contributed by atoms with Gasteiger partial charge in [0.1, 0.15) is 17.7 Å². The average molecular weight is 293 g/mol. The molecule has 7 heteroatoms. The van der Waals surface area contributed by atoms with Gasteiger partial charge in [-0.1, -0.05) is 13.8 Å². The van der Waals surface area contributed by atoms with E-state index in [1.807, 2.05) is 0 Å². The van der Waals surface area contributed by atoms with Gasteiger partial charge in [0.15, 0.2) is 0 Å². The van der Waals surface area contributed by atoms with Gasteiger partial charge in [0.2, 0.25) is 5.91 Å². The Bertz CT molecular complexity index is 681. The Morgan fingerprint density at radius 1 is 1.43 bits per heavy atom. The van der Waals surface area contributed by atoms with Crippen LogP contribution in [0.4, 0.5) is 4.39 Å². The molecule has 2 aromatic rings. The zero-order valence-electron chi connectivity index (χ0n) is 11.7. The Kier molecular flexibility index (Phi) is 4.21. The summed E-state index contributed by atoms with van der Waals surface area (Å²) in [5.74, 6) is -1.82. The molecule has 2 rings (SSSR count). The number of rotatable bonds is 5. The molecule has 0 spiro atoms. The Hall–Kier alpha value is -2.44. The number of imidazole rings is 1. The number of amides is 1. The highest BCUT2D eigenvalue weighted by molar-refractivity contribution is 5.84. The molecule has 0 saturated heterocycles. The van der Waals surface area contributed by atoms with Gasteiger partial charge in [-0.05, 0) is 18.2 Å². The highest BCUT2D eigenvalue weighted by Crippen LogP contribution is 2.14. The van der Waals surface area contributed by atoms with Crippen molar-refractivity contribution in [2.45, 2.75) is 26.3 Å². The number of hydrogen-bond acceptors (Lipinski definition) is 3. The van der Waals surface area contributed by atoms with E-state index in [0.717, 1.165) is 0 Å². The van der Waals surface area contributed by atoms with Crippen LogP contribution in [0.15, 0.2) is 18.2 Å². The van der Waals surface area contributed by atoms with E-state index in [4.69, 9.17) is 5.11 Å². The zero-order chi connectivity index (χ0) is 15.6. The van der Waals surface area contributed by atoms with Gasteiger partial charge in [0.25, 0.3) is 0 Å². The van der Waals surface area contributed by atoms with Crippen LogP contribution in [-0.2, 0) is 16.0 Å². The van der Waals surface area contributed by atoms with Gasteiger partial charge < -0.3 is 15.4 Å². The monoisotopic (exact) mass is 293 g/mol. The number of benzene rings is 1. The number of aromatic amines is 1. The SMILES string of the molecule is CC(C)C(=O)N[C@H](Cc1nc2ccc(F)cc2[nH]1)C(=O)O. The molecule has 0 aliphatic carbocycles. The Labute approximate surface area is 120 Å². The maximum atomic E-state index is 13.1. The molecule has 0 fully saturated rings. The molecule has 0 unspecified atom stereocenters. The molecule has 1 heterocycles. The van der Waals surface area contributed by atoms with Crippen LogP contribution in [0.1, 0.15) is 19.7 Å². The molecule has 1 atom stereocenters. The van der Waals surface area contributed by atoms with Crippen molar-refractivity contribution in [2.75, 3.05) is 0 Å². The van der Waals surface area contributed by atoms with Gasteiger partial charge in [0, 0.05) is 12.3 Å². The van der Waals surface area contributed by atoms with Gasteiger partial charge in [-0.3, -0.25) is 4.79 Å². The number of nitrogens with one attached hydrogen (secondary N) is 2. The third-order valence-electron chi connectivity index (χ3n) is 3.03. The molecular formula is C14H16FN3O3. The fourth-order valence-corrected chi connectivity index (χ4v) is 1.86. The Morgan fingerprint density at radius 3 is 2.76 bits per heavy atom. The molecule has 1 amide bonds. The number of aromatic nitrogens is 2. The number of hydrogen-bond donors (Lipinski definition) is 3. The van der Waals surface area contributed by atoms with Crippen LogP contribution < -0.4 is 5.32 Å². The molecule has 3 N–H and O–H groups in total. The van der Waals surface area contributed by atoms with Crippen LogP contribution >= 0.6 is 0 Å². The number of fused-ring (bicyclic) bond motifs is 1. The molecule has 21 heavy (non-hydrogen) atoms. The van der Waals surface area contributed by atoms with E-state index in [2.05, 4.69) is 15.3 Å². The Balaban J connectivity index is 2.18. The van der Waals surface area contributed by atoms with E-state index in [1.54, 1.807) is 13.8 Å². The first-order valence-corrected chi connectivity index (χ1v) is 6.54. The number of carboxylic acid groups (broad SMARTS) is 1. The Morgan fingerprint density at radius 2 is 2.14 bits per heavy atom. The number of H-pyrrole nitrogens is 1. The van der Waals surface area contributed by atoms with Crippen molar-refractivity contribution in [3.8, 4) is 0 Å². The maximum absolute atomic E-state index is 13.1. The lowest BCUT2D eigenvalue weighted by atomic mass is 10.1. The fourth-order valence-electron chi connectivity index (χ4n) is 1.86. The number of carbonyl (C=O) groups is 2. The third-order valence-corrected chi connectivity index (χ3v) is 3.03. The van der Waals surface area contributed by atoms with Crippen LogP contribution in [0.5, 0.6) is 0 Å². The van der Waals surface area contributed by atoms with E-state index >= 15 is 0 Å². The highest BCUT2D eigenvalue weighted by atomic mass is 19.1. The number of carboxylic acids is 1. The molecule has 0 aliphatic rings. The first-order valence-electron chi connectivity index (χ1n) is 6.54. The fraction of sp³-hybridized carbons (Fsp3) is 0.357. The number of halogens is 1. The maximum Gasteiger partial charge on any atom is 0.326 e. The summed E-state index contributed by atoms with van der Waals surface area (Å²) < 4.78 is 13.1. The van der Waals surface area contributed by atoms with Crippen LogP contribution in [0.2, 0.25) is 0 Å². The second-order valence-corrected chi connectivity index (χ2v) is 5.10. The zero-order valence-corrected chi connectivity index (χ0v) is 11.7. The summed E-state index contributed by atoms with van der Waals surface area (Å²) in [6.45, 7) is 3.36. The number of carbonyl (C=O) groups excluding carboxylic acids is 1. The first kappa shape index (κ1) is 15.0. The summed E-state index contributed by atoms with van der Waals surface area (Å²) >= 11 is 0. The largest absolute Gasteiger partial charge is 0.480 e. The predicted octanol–water partition coefficient (Wildman–Crippen LogP) is 1.47. The summed E-state index contributed by atoms with van der Waals surface area (Å²) in [7, 11) is 0. The number of nitrogens with zero attached hydrogens (tertiary/aromatic N) is 1. The van der Waals surface area contributed by atoms with Crippen molar-refractivity contribution in [1.29, 1.82) is 0 Å². The molecule has 0 bridgehead atoms. The lowest BCUT2D eigenvalue weighted by molar-refractivity contribution is -0.142. The molecule has 0 aliphatic heterocycles. The van der Waals surface area contributed by atoms with Gasteiger partial charge >= 0.3 is 5.97 Å². The average Bonchev–Trinajstić information content (AvgIpc) is 2.78. The summed E-state index contributed by atoms with van der Waals surface area (Å²) in [6, 6.07) is 2.99. The minimum absolute atomic E-state index is 0.00406. The van der Waals surface area contributed by atoms with Crippen molar-refractivity contribution < 1.29 is 19.1 Å². The van der Waals surface area contributed by atoms with E-state index in [1.165, 1.54) is 18.2 Å². The molecule has 1 aromatic heterocycles. The van der Waals surface area contributed by atoms with Crippen LogP contribution in [0.25, 0.3) is 11.0 Å². The van der Waals surface area contributed by atoms with Crippen molar-refractivity contribution in [2.24, 2.45) is 5.92 Å². The quantitative estimate of drug-likeness (QED) is 0.778. The highest BCUT2D eigenvalue weighted by Gasteiger charge is 2.23. The normalized spacial score (nSPS) is 12.6. The van der Waals surface area contributed by atoms with Gasteiger partial charge in [0.05, 0.1) is 11.0 Å². The lowest BCUT2D eigenvalue weighted by Crippen LogP contribution is -2.44. The molecular weight excluding hydrogens is 277 g/mol. The summed E-state index contributed by atoms with van der Waals surface area (Å²) in [5.41, 5.74) is 1.04. The third kappa shape index (κ3) is 3.56. The molecule has 1 aromatic carbocycles. The molecule has 0 radical (unpaired) electrons. The van der Waals surface area contributed by atoms with E-state index in [-0.39, 0.29) is 18.2 Å². The summed E-state index contributed by atoms with van der Waals surface area (Å²) in [6.07, 6.45) is 0.00406. The smallest absolute Gasteiger partial charge is 0.326 e. The van der Waals surface area contributed by atoms with Crippen LogP contribution in [-0.4, -0.2) is 33.0 Å². The van der Waals surface area contributed by atoms with Gasteiger partial charge in [-0.2, -0.15) is 0 Å². The molecule has 112 valence electrons. The van der Waals surface area contributed by atoms with Crippen molar-refractivity contribution in [3.63, 3.8) is 0 Å². The number of aliphatic carboxylic acids is 1. The van der Waals surface area contributed by atoms with Gasteiger partial charge in [-0.15, -0.1) is 0 Å². The van der Waals surface area contributed by atoms with Crippen LogP contribution in [0, 0.1) is 11.7 Å². The predicted molar refractivity (Wildman–Crippen MR) is 74.2 cm³/mol. The minimum Gasteiger partial charge on any atom is -0.480 e. The van der Waals surface area contributed by atoms with Crippen molar-refractivity contribution in [3.05, 3.63) is 29.8 Å². The second-order valence-electron chi connectivity index (χ2n) is 5.10.